The van der Waals surface area contributed by atoms with E-state index in [1.165, 1.54) is 8.61 Å². The predicted octanol–water partition coefficient (Wildman–Crippen LogP) is 3.29. The van der Waals surface area contributed by atoms with Crippen molar-refractivity contribution in [2.45, 2.75) is 39.0 Å². The van der Waals surface area contributed by atoms with Crippen molar-refractivity contribution >= 4 is 21.8 Å². The molecule has 162 valence electrons. The van der Waals surface area contributed by atoms with Crippen LogP contribution in [0.2, 0.25) is 0 Å². The van der Waals surface area contributed by atoms with Crippen LogP contribution in [-0.4, -0.2) is 55.3 Å². The Kier molecular flexibility index (Phi) is 6.92. The molecule has 1 fully saturated rings. The van der Waals surface area contributed by atoms with Crippen LogP contribution in [0, 0.1) is 0 Å². The summed E-state index contributed by atoms with van der Waals surface area (Å²) in [6.45, 7) is 6.25. The van der Waals surface area contributed by atoms with Crippen molar-refractivity contribution in [3.05, 3.63) is 65.7 Å². The maximum absolute atomic E-state index is 13.2. The number of morpholine rings is 1. The first kappa shape index (κ1) is 22.4. The largest absolute Gasteiger partial charge is 0.373 e. The number of hydrogen-bond donors (Lipinski definition) is 1. The Morgan fingerprint density at radius 1 is 1.10 bits per heavy atom. The average molecular weight is 432 g/mol. The van der Waals surface area contributed by atoms with Crippen LogP contribution in [0.25, 0.3) is 0 Å². The highest BCUT2D eigenvalue weighted by molar-refractivity contribution is 7.86. The standard InChI is InChI=1S/C22H29N3O4S/c1-16-14-25(15-17(2)29-16)30(27,28)24(4)18(3)20-11-8-12-21(13-20)23-22(26)19-9-6-5-7-10-19/h5-13,16-18H,14-15H2,1-4H3,(H,23,26)/t16-,17+,18-/m1/s1. The van der Waals surface area contributed by atoms with E-state index in [-0.39, 0.29) is 18.1 Å². The number of hydrogen-bond acceptors (Lipinski definition) is 4. The number of anilines is 1. The molecule has 1 aliphatic heterocycles. The van der Waals surface area contributed by atoms with Gasteiger partial charge in [0.2, 0.25) is 0 Å². The lowest BCUT2D eigenvalue weighted by Gasteiger charge is -2.38. The quantitative estimate of drug-likeness (QED) is 0.761. The first-order valence-electron chi connectivity index (χ1n) is 10.0. The van der Waals surface area contributed by atoms with Gasteiger partial charge in [0, 0.05) is 37.4 Å². The monoisotopic (exact) mass is 431 g/mol. The Labute approximate surface area is 178 Å². The highest BCUT2D eigenvalue weighted by Gasteiger charge is 2.35. The first-order valence-corrected chi connectivity index (χ1v) is 11.4. The minimum absolute atomic E-state index is 0.149. The third-order valence-corrected chi connectivity index (χ3v) is 7.28. The molecule has 0 unspecified atom stereocenters. The molecule has 3 rings (SSSR count). The van der Waals surface area contributed by atoms with Gasteiger partial charge < -0.3 is 10.1 Å². The number of rotatable bonds is 6. The number of nitrogens with one attached hydrogen (secondary N) is 1. The molecule has 3 atom stereocenters. The van der Waals surface area contributed by atoms with E-state index in [9.17, 15) is 13.2 Å². The molecule has 1 heterocycles. The number of benzene rings is 2. The van der Waals surface area contributed by atoms with Crippen molar-refractivity contribution < 1.29 is 17.9 Å². The molecule has 30 heavy (non-hydrogen) atoms. The van der Waals surface area contributed by atoms with E-state index in [2.05, 4.69) is 5.32 Å². The van der Waals surface area contributed by atoms with Crippen LogP contribution in [0.1, 0.15) is 42.7 Å². The fourth-order valence-corrected chi connectivity index (χ4v) is 5.26. The maximum atomic E-state index is 13.2. The van der Waals surface area contributed by atoms with Gasteiger partial charge in [-0.05, 0) is 50.6 Å². The lowest BCUT2D eigenvalue weighted by Crippen LogP contribution is -2.52. The molecule has 2 aromatic rings. The molecule has 0 aromatic heterocycles. The van der Waals surface area contributed by atoms with Gasteiger partial charge in [-0.15, -0.1) is 0 Å². The van der Waals surface area contributed by atoms with Crippen molar-refractivity contribution in [2.75, 3.05) is 25.5 Å². The number of amides is 1. The second-order valence-electron chi connectivity index (χ2n) is 7.72. The summed E-state index contributed by atoms with van der Waals surface area (Å²) in [5.74, 6) is -0.210. The first-order chi connectivity index (χ1) is 14.2. The summed E-state index contributed by atoms with van der Waals surface area (Å²) < 4.78 is 34.8. The van der Waals surface area contributed by atoms with Gasteiger partial charge in [0.15, 0.2) is 0 Å². The predicted molar refractivity (Wildman–Crippen MR) is 118 cm³/mol. The zero-order chi connectivity index (χ0) is 21.9. The number of nitrogens with zero attached hydrogens (tertiary/aromatic N) is 2. The third kappa shape index (κ3) is 5.07. The normalized spacial score (nSPS) is 21.4. The summed E-state index contributed by atoms with van der Waals surface area (Å²) in [7, 11) is -2.07. The number of ether oxygens (including phenoxy) is 1. The van der Waals surface area contributed by atoms with Gasteiger partial charge in [-0.3, -0.25) is 4.79 Å². The Hall–Kier alpha value is -2.26. The van der Waals surface area contributed by atoms with Crippen molar-refractivity contribution in [3.63, 3.8) is 0 Å². The van der Waals surface area contributed by atoms with Crippen LogP contribution in [0.15, 0.2) is 54.6 Å². The summed E-state index contributed by atoms with van der Waals surface area (Å²) >= 11 is 0. The van der Waals surface area contributed by atoms with Crippen LogP contribution in [-0.2, 0) is 14.9 Å². The van der Waals surface area contributed by atoms with Gasteiger partial charge in [0.05, 0.1) is 12.2 Å². The van der Waals surface area contributed by atoms with Gasteiger partial charge in [-0.1, -0.05) is 30.3 Å². The van der Waals surface area contributed by atoms with Crippen molar-refractivity contribution in [1.29, 1.82) is 0 Å². The molecule has 0 saturated carbocycles. The lowest BCUT2D eigenvalue weighted by molar-refractivity contribution is -0.0455. The summed E-state index contributed by atoms with van der Waals surface area (Å²) in [6.07, 6.45) is -0.299. The average Bonchev–Trinajstić information content (AvgIpc) is 2.72. The van der Waals surface area contributed by atoms with E-state index in [1.807, 2.05) is 45.0 Å². The molecular formula is C22H29N3O4S. The summed E-state index contributed by atoms with van der Waals surface area (Å²) in [5, 5.41) is 2.87. The highest BCUT2D eigenvalue weighted by atomic mass is 32.2. The Morgan fingerprint density at radius 2 is 1.73 bits per heavy atom. The highest BCUT2D eigenvalue weighted by Crippen LogP contribution is 2.27. The van der Waals surface area contributed by atoms with E-state index in [1.54, 1.807) is 37.4 Å². The van der Waals surface area contributed by atoms with Crippen LogP contribution < -0.4 is 5.32 Å². The summed E-state index contributed by atoms with van der Waals surface area (Å²) in [5.41, 5.74) is 1.97. The molecule has 0 bridgehead atoms. The fraction of sp³-hybridized carbons (Fsp3) is 0.409. The fourth-order valence-electron chi connectivity index (χ4n) is 3.58. The van der Waals surface area contributed by atoms with E-state index in [0.717, 1.165) is 5.56 Å². The molecule has 0 spiro atoms. The van der Waals surface area contributed by atoms with Crippen LogP contribution in [0.3, 0.4) is 0 Å². The molecule has 1 aliphatic rings. The third-order valence-electron chi connectivity index (χ3n) is 5.28. The van der Waals surface area contributed by atoms with E-state index >= 15 is 0 Å². The van der Waals surface area contributed by atoms with E-state index < -0.39 is 16.3 Å². The molecule has 0 aliphatic carbocycles. The molecule has 1 saturated heterocycles. The molecule has 8 heteroatoms. The molecule has 1 amide bonds. The van der Waals surface area contributed by atoms with Gasteiger partial charge in [0.1, 0.15) is 0 Å². The van der Waals surface area contributed by atoms with Crippen LogP contribution in [0.5, 0.6) is 0 Å². The van der Waals surface area contributed by atoms with E-state index in [0.29, 0.717) is 24.3 Å². The Balaban J connectivity index is 1.75. The topological polar surface area (TPSA) is 79.0 Å². The van der Waals surface area contributed by atoms with Gasteiger partial charge in [0.25, 0.3) is 16.1 Å². The maximum Gasteiger partial charge on any atom is 0.282 e. The zero-order valence-corrected chi connectivity index (χ0v) is 18.6. The van der Waals surface area contributed by atoms with Crippen molar-refractivity contribution in [1.82, 2.24) is 8.61 Å². The zero-order valence-electron chi connectivity index (χ0n) is 17.8. The van der Waals surface area contributed by atoms with Crippen LogP contribution in [0.4, 0.5) is 5.69 Å². The summed E-state index contributed by atoms with van der Waals surface area (Å²) in [6, 6.07) is 15.8. The number of carbonyl (C=O) groups is 1. The molecule has 2 aromatic carbocycles. The molecule has 7 nitrogen and oxygen atoms in total. The van der Waals surface area contributed by atoms with Crippen LogP contribution >= 0.6 is 0 Å². The SMILES string of the molecule is C[C@@H]1CN(S(=O)(=O)N(C)[C@H](C)c2cccc(NC(=O)c3ccccc3)c2)C[C@H](C)O1. The molecule has 1 N–H and O–H groups in total. The lowest BCUT2D eigenvalue weighted by atomic mass is 10.1. The van der Waals surface area contributed by atoms with Gasteiger partial charge in [-0.2, -0.15) is 17.0 Å². The van der Waals surface area contributed by atoms with Crippen molar-refractivity contribution in [2.24, 2.45) is 0 Å². The minimum Gasteiger partial charge on any atom is -0.373 e. The number of carbonyl (C=O) groups excluding carboxylic acids is 1. The molecular weight excluding hydrogens is 402 g/mol. The Bertz CT molecular complexity index is 971. The smallest absolute Gasteiger partial charge is 0.282 e. The second kappa shape index (κ2) is 9.26. The second-order valence-corrected chi connectivity index (χ2v) is 9.71. The Morgan fingerprint density at radius 3 is 2.37 bits per heavy atom. The summed E-state index contributed by atoms with van der Waals surface area (Å²) in [4.78, 5) is 12.4. The minimum atomic E-state index is -3.65. The molecule has 0 radical (unpaired) electrons. The van der Waals surface area contributed by atoms with Crippen molar-refractivity contribution in [3.8, 4) is 0 Å². The van der Waals surface area contributed by atoms with Gasteiger partial charge in [-0.25, -0.2) is 0 Å². The van der Waals surface area contributed by atoms with Gasteiger partial charge >= 0.3 is 0 Å². The van der Waals surface area contributed by atoms with E-state index in [4.69, 9.17) is 4.74 Å².